The van der Waals surface area contributed by atoms with Gasteiger partial charge in [0.05, 0.1) is 5.75 Å². The fourth-order valence-electron chi connectivity index (χ4n) is 1.04. The van der Waals surface area contributed by atoms with Crippen LogP contribution in [0.2, 0.25) is 0 Å². The third kappa shape index (κ3) is 3.28. The molecule has 15 heavy (non-hydrogen) atoms. The second-order valence-corrected chi connectivity index (χ2v) is 3.88. The molecule has 3 N–H and O–H groups in total. The maximum absolute atomic E-state index is 11.3. The molecule has 1 aromatic rings. The van der Waals surface area contributed by atoms with Gasteiger partial charge in [0.15, 0.2) is 0 Å². The first-order valence-corrected chi connectivity index (χ1v) is 5.28. The van der Waals surface area contributed by atoms with Crippen LogP contribution in [0, 0.1) is 6.92 Å². The number of hydrogen-bond donors (Lipinski definition) is 3. The van der Waals surface area contributed by atoms with Crippen LogP contribution in [0.4, 0.5) is 0 Å². The predicted octanol–water partition coefficient (Wildman–Crippen LogP) is -0.311. The Labute approximate surface area is 88.7 Å². The second-order valence-electron chi connectivity index (χ2n) is 2.90. The molecule has 0 aliphatic carbocycles. The summed E-state index contributed by atoms with van der Waals surface area (Å²) in [5.74, 6) is -0.735. The molecule has 0 radical (unpaired) electrons. The number of rotatable bonds is 4. The fourth-order valence-corrected chi connectivity index (χ4v) is 1.87. The highest BCUT2D eigenvalue weighted by Gasteiger charge is 2.06. The van der Waals surface area contributed by atoms with E-state index in [2.05, 4.69) is 9.97 Å². The molecule has 0 unspecified atom stereocenters. The average Bonchev–Trinajstić information content (AvgIpc) is 2.08. The maximum atomic E-state index is 11.3. The molecular formula is C8H10N2O4S. The normalized spacial score (nSPS) is 10.2. The number of aromatic nitrogens is 2. The van der Waals surface area contributed by atoms with Crippen molar-refractivity contribution in [2.24, 2.45) is 0 Å². The van der Waals surface area contributed by atoms with E-state index in [0.717, 1.165) is 11.8 Å². The van der Waals surface area contributed by atoms with E-state index in [-0.39, 0.29) is 11.5 Å². The Morgan fingerprint density at radius 3 is 2.60 bits per heavy atom. The van der Waals surface area contributed by atoms with Crippen molar-refractivity contribution >= 4 is 17.7 Å². The van der Waals surface area contributed by atoms with Crippen LogP contribution in [0.5, 0.6) is 0 Å². The van der Waals surface area contributed by atoms with Crippen molar-refractivity contribution in [2.45, 2.75) is 12.7 Å². The highest BCUT2D eigenvalue weighted by atomic mass is 32.2. The van der Waals surface area contributed by atoms with E-state index in [4.69, 9.17) is 5.11 Å². The molecule has 0 bridgehead atoms. The summed E-state index contributed by atoms with van der Waals surface area (Å²) in [5, 5.41) is 8.41. The van der Waals surface area contributed by atoms with E-state index >= 15 is 0 Å². The first kappa shape index (κ1) is 11.6. The van der Waals surface area contributed by atoms with E-state index < -0.39 is 17.2 Å². The minimum Gasteiger partial charge on any atom is -0.481 e. The standard InChI is InChI=1S/C8H10N2O4S/c1-4-5(2-15-3-6(11)12)7(13)10-8(14)9-4/h2-3H2,1H3,(H,11,12)(H2,9,10,13,14). The SMILES string of the molecule is Cc1[nH]c(=O)[nH]c(=O)c1CSCC(=O)O. The van der Waals surface area contributed by atoms with Gasteiger partial charge in [-0.2, -0.15) is 0 Å². The molecule has 0 aliphatic heterocycles. The minimum atomic E-state index is -0.932. The van der Waals surface area contributed by atoms with Gasteiger partial charge >= 0.3 is 11.7 Å². The Balaban J connectivity index is 2.82. The molecule has 0 aromatic carbocycles. The highest BCUT2D eigenvalue weighted by molar-refractivity contribution is 7.99. The van der Waals surface area contributed by atoms with Crippen LogP contribution in [-0.2, 0) is 10.5 Å². The van der Waals surface area contributed by atoms with Gasteiger partial charge in [0, 0.05) is 17.0 Å². The van der Waals surface area contributed by atoms with Gasteiger partial charge in [-0.3, -0.25) is 14.6 Å². The first-order chi connectivity index (χ1) is 7.00. The topological polar surface area (TPSA) is 103 Å². The Bertz CT molecular complexity index is 476. The molecule has 0 saturated carbocycles. The van der Waals surface area contributed by atoms with E-state index in [1.165, 1.54) is 0 Å². The zero-order valence-electron chi connectivity index (χ0n) is 7.99. The second kappa shape index (κ2) is 4.83. The number of thioether (sulfide) groups is 1. The Kier molecular flexibility index (Phi) is 3.73. The molecule has 7 heteroatoms. The minimum absolute atomic E-state index is 0.0714. The highest BCUT2D eigenvalue weighted by Crippen LogP contribution is 2.09. The van der Waals surface area contributed by atoms with E-state index in [0.29, 0.717) is 11.3 Å². The van der Waals surface area contributed by atoms with Gasteiger partial charge in [-0.25, -0.2) is 4.79 Å². The van der Waals surface area contributed by atoms with Crippen LogP contribution in [-0.4, -0.2) is 26.8 Å². The maximum Gasteiger partial charge on any atom is 0.325 e. The van der Waals surface area contributed by atoms with Crippen molar-refractivity contribution in [2.75, 3.05) is 5.75 Å². The summed E-state index contributed by atoms with van der Waals surface area (Å²) in [6, 6.07) is 0. The van der Waals surface area contributed by atoms with Crippen molar-refractivity contribution in [1.82, 2.24) is 9.97 Å². The summed E-state index contributed by atoms with van der Waals surface area (Å²) in [5.41, 5.74) is -0.138. The number of H-pyrrole nitrogens is 2. The van der Waals surface area contributed by atoms with Gasteiger partial charge in [-0.15, -0.1) is 11.8 Å². The summed E-state index contributed by atoms with van der Waals surface area (Å²) in [4.78, 5) is 36.9. The number of aliphatic carboxylic acids is 1. The molecule has 0 spiro atoms. The van der Waals surface area contributed by atoms with Gasteiger partial charge < -0.3 is 10.1 Å². The van der Waals surface area contributed by atoms with E-state index in [9.17, 15) is 14.4 Å². The predicted molar refractivity (Wildman–Crippen MR) is 56.2 cm³/mol. The molecule has 82 valence electrons. The zero-order valence-corrected chi connectivity index (χ0v) is 8.81. The van der Waals surface area contributed by atoms with Gasteiger partial charge in [-0.1, -0.05) is 0 Å². The quantitative estimate of drug-likeness (QED) is 0.658. The lowest BCUT2D eigenvalue weighted by molar-refractivity contribution is -0.133. The van der Waals surface area contributed by atoms with Crippen LogP contribution >= 0.6 is 11.8 Å². The van der Waals surface area contributed by atoms with Crippen molar-refractivity contribution < 1.29 is 9.90 Å². The molecule has 6 nitrogen and oxygen atoms in total. The number of aryl methyl sites for hydroxylation is 1. The number of carbonyl (C=O) groups is 1. The van der Waals surface area contributed by atoms with Crippen molar-refractivity contribution in [3.05, 3.63) is 32.1 Å². The molecular weight excluding hydrogens is 220 g/mol. The Morgan fingerprint density at radius 2 is 2.07 bits per heavy atom. The molecule has 1 rings (SSSR count). The Hall–Kier alpha value is -1.50. The van der Waals surface area contributed by atoms with Gasteiger partial charge in [-0.05, 0) is 6.92 Å². The molecule has 0 amide bonds. The van der Waals surface area contributed by atoms with Gasteiger partial charge in [0.25, 0.3) is 5.56 Å². The molecule has 0 fully saturated rings. The van der Waals surface area contributed by atoms with Gasteiger partial charge in [0.2, 0.25) is 0 Å². The summed E-state index contributed by atoms with van der Waals surface area (Å²) in [6.07, 6.45) is 0. The molecule has 1 aromatic heterocycles. The summed E-state index contributed by atoms with van der Waals surface area (Å²) >= 11 is 1.11. The number of carboxylic acids is 1. The van der Waals surface area contributed by atoms with Crippen molar-refractivity contribution in [3.63, 3.8) is 0 Å². The number of carboxylic acid groups (broad SMARTS) is 1. The summed E-state index contributed by atoms with van der Waals surface area (Å²) in [7, 11) is 0. The van der Waals surface area contributed by atoms with E-state index in [1.54, 1.807) is 6.92 Å². The van der Waals surface area contributed by atoms with Crippen LogP contribution in [0.25, 0.3) is 0 Å². The zero-order chi connectivity index (χ0) is 11.4. The number of hydrogen-bond acceptors (Lipinski definition) is 4. The third-order valence-corrected chi connectivity index (χ3v) is 2.67. The van der Waals surface area contributed by atoms with Crippen molar-refractivity contribution in [1.29, 1.82) is 0 Å². The molecule has 1 heterocycles. The van der Waals surface area contributed by atoms with Crippen LogP contribution in [0.3, 0.4) is 0 Å². The largest absolute Gasteiger partial charge is 0.481 e. The van der Waals surface area contributed by atoms with Crippen LogP contribution in [0.1, 0.15) is 11.3 Å². The van der Waals surface area contributed by atoms with Crippen LogP contribution < -0.4 is 11.2 Å². The number of aromatic amines is 2. The molecule has 0 aliphatic rings. The molecule has 0 saturated heterocycles. The van der Waals surface area contributed by atoms with Crippen molar-refractivity contribution in [3.8, 4) is 0 Å². The lowest BCUT2D eigenvalue weighted by Crippen LogP contribution is -2.26. The fraction of sp³-hybridized carbons (Fsp3) is 0.375. The monoisotopic (exact) mass is 230 g/mol. The smallest absolute Gasteiger partial charge is 0.325 e. The lowest BCUT2D eigenvalue weighted by atomic mass is 10.3. The summed E-state index contributed by atoms with van der Waals surface area (Å²) in [6.45, 7) is 1.60. The first-order valence-electron chi connectivity index (χ1n) is 4.12. The number of nitrogens with one attached hydrogen (secondary N) is 2. The Morgan fingerprint density at radius 1 is 1.40 bits per heavy atom. The average molecular weight is 230 g/mol. The summed E-state index contributed by atoms with van der Waals surface area (Å²) < 4.78 is 0. The van der Waals surface area contributed by atoms with Gasteiger partial charge in [0.1, 0.15) is 0 Å². The van der Waals surface area contributed by atoms with E-state index in [1.807, 2.05) is 0 Å². The third-order valence-electron chi connectivity index (χ3n) is 1.73. The molecule has 0 atom stereocenters. The van der Waals surface area contributed by atoms with Crippen LogP contribution in [0.15, 0.2) is 9.59 Å². The lowest BCUT2D eigenvalue weighted by Gasteiger charge is -2.01.